The molecule has 3 heterocycles. The summed E-state index contributed by atoms with van der Waals surface area (Å²) in [6, 6.07) is 0.135. The molecule has 2 saturated heterocycles. The Morgan fingerprint density at radius 3 is 2.93 bits per heavy atom. The second kappa shape index (κ2) is 2.50. The molecule has 3 rings (SSSR count). The number of aromatic nitrogens is 2. The highest BCUT2D eigenvalue weighted by molar-refractivity contribution is 7.92. The van der Waals surface area contributed by atoms with Gasteiger partial charge in [0.2, 0.25) is 5.95 Å². The van der Waals surface area contributed by atoms with E-state index in [0.29, 0.717) is 12.3 Å². The second-order valence-corrected chi connectivity index (χ2v) is 6.23. The van der Waals surface area contributed by atoms with Crippen LogP contribution in [-0.2, 0) is 9.84 Å². The summed E-state index contributed by atoms with van der Waals surface area (Å²) in [6.45, 7) is 0.598. The van der Waals surface area contributed by atoms with Crippen LogP contribution in [0.1, 0.15) is 6.42 Å². The lowest BCUT2D eigenvalue weighted by molar-refractivity contribution is 0.585. The summed E-state index contributed by atoms with van der Waals surface area (Å²) in [5.41, 5.74) is 0. The summed E-state index contributed by atoms with van der Waals surface area (Å²) in [5.74, 6) is 1.09. The van der Waals surface area contributed by atoms with E-state index in [1.54, 1.807) is 12.4 Å². The van der Waals surface area contributed by atoms with E-state index in [9.17, 15) is 8.42 Å². The predicted octanol–water partition coefficient (Wildman–Crippen LogP) is -0.215. The molecule has 2 fully saturated rings. The van der Waals surface area contributed by atoms with Gasteiger partial charge in [-0.2, -0.15) is 0 Å². The van der Waals surface area contributed by atoms with E-state index in [2.05, 4.69) is 14.9 Å². The Morgan fingerprint density at radius 1 is 1.57 bits per heavy atom. The molecule has 0 radical (unpaired) electrons. The van der Waals surface area contributed by atoms with Crippen LogP contribution in [0.25, 0.3) is 0 Å². The van der Waals surface area contributed by atoms with Gasteiger partial charge < -0.3 is 9.88 Å². The van der Waals surface area contributed by atoms with Gasteiger partial charge in [-0.25, -0.2) is 13.4 Å². The van der Waals surface area contributed by atoms with Crippen LogP contribution < -0.4 is 4.90 Å². The van der Waals surface area contributed by atoms with Crippen LogP contribution in [-0.4, -0.2) is 42.0 Å². The maximum absolute atomic E-state index is 11.5. The number of imidazole rings is 1. The molecule has 14 heavy (non-hydrogen) atoms. The first-order valence-corrected chi connectivity index (χ1v) is 6.36. The number of nitrogens with zero attached hydrogens (tertiary/aromatic N) is 2. The van der Waals surface area contributed by atoms with E-state index in [1.165, 1.54) is 0 Å². The molecule has 1 aromatic heterocycles. The van der Waals surface area contributed by atoms with E-state index in [-0.39, 0.29) is 11.3 Å². The highest BCUT2D eigenvalue weighted by Gasteiger charge is 2.48. The number of nitrogens with one attached hydrogen (secondary N) is 1. The molecule has 0 aromatic carbocycles. The van der Waals surface area contributed by atoms with Crippen molar-refractivity contribution in [1.82, 2.24) is 9.97 Å². The number of anilines is 1. The van der Waals surface area contributed by atoms with Gasteiger partial charge in [-0.1, -0.05) is 0 Å². The molecule has 6 heteroatoms. The lowest BCUT2D eigenvalue weighted by Crippen LogP contribution is -2.41. The molecule has 0 spiro atoms. The van der Waals surface area contributed by atoms with Gasteiger partial charge in [-0.05, 0) is 6.42 Å². The number of hydrogen-bond acceptors (Lipinski definition) is 4. The standard InChI is InChI=1S/C8H11N3O2S/c12-14(13)5-6-3-7(14)4-11(6)8-9-1-2-10-8/h1-2,6-7H,3-5H2,(H,9,10). The molecule has 2 bridgehead atoms. The van der Waals surface area contributed by atoms with Crippen LogP contribution in [0, 0.1) is 0 Å². The third-order valence-electron chi connectivity index (χ3n) is 3.06. The van der Waals surface area contributed by atoms with Crippen molar-refractivity contribution in [2.75, 3.05) is 17.2 Å². The molecule has 0 aliphatic carbocycles. The van der Waals surface area contributed by atoms with Crippen molar-refractivity contribution >= 4 is 15.8 Å². The first kappa shape index (κ1) is 8.28. The van der Waals surface area contributed by atoms with Crippen molar-refractivity contribution in [3.05, 3.63) is 12.4 Å². The average molecular weight is 213 g/mol. The minimum atomic E-state index is -2.79. The first-order chi connectivity index (χ1) is 6.67. The molecule has 76 valence electrons. The van der Waals surface area contributed by atoms with Crippen molar-refractivity contribution in [3.8, 4) is 0 Å². The van der Waals surface area contributed by atoms with Gasteiger partial charge >= 0.3 is 0 Å². The molecule has 1 aromatic rings. The fraction of sp³-hybridized carbons (Fsp3) is 0.625. The van der Waals surface area contributed by atoms with Crippen molar-refractivity contribution in [3.63, 3.8) is 0 Å². The third kappa shape index (κ3) is 1.00. The highest BCUT2D eigenvalue weighted by atomic mass is 32.2. The summed E-state index contributed by atoms with van der Waals surface area (Å²) in [5, 5.41) is -0.169. The number of H-pyrrole nitrogens is 1. The van der Waals surface area contributed by atoms with Crippen LogP contribution in [0.5, 0.6) is 0 Å². The largest absolute Gasteiger partial charge is 0.337 e. The summed E-state index contributed by atoms with van der Waals surface area (Å²) < 4.78 is 23.0. The number of sulfone groups is 1. The topological polar surface area (TPSA) is 66.1 Å². The number of rotatable bonds is 1. The summed E-state index contributed by atoms with van der Waals surface area (Å²) in [7, 11) is -2.79. The van der Waals surface area contributed by atoms with E-state index in [1.807, 2.05) is 0 Å². The number of fused-ring (bicyclic) bond motifs is 2. The monoisotopic (exact) mass is 213 g/mol. The van der Waals surface area contributed by atoms with Crippen LogP contribution in [0.2, 0.25) is 0 Å². The predicted molar refractivity (Wildman–Crippen MR) is 51.9 cm³/mol. The molecular weight excluding hydrogens is 202 g/mol. The Hall–Kier alpha value is -1.04. The molecule has 5 nitrogen and oxygen atoms in total. The van der Waals surface area contributed by atoms with Gasteiger partial charge in [0.25, 0.3) is 0 Å². The zero-order valence-electron chi connectivity index (χ0n) is 7.55. The Kier molecular flexibility index (Phi) is 1.48. The van der Waals surface area contributed by atoms with Crippen LogP contribution in [0.15, 0.2) is 12.4 Å². The third-order valence-corrected chi connectivity index (χ3v) is 5.27. The summed E-state index contributed by atoms with van der Waals surface area (Å²) in [6.07, 6.45) is 4.22. The smallest absolute Gasteiger partial charge is 0.203 e. The van der Waals surface area contributed by atoms with Gasteiger partial charge in [0.05, 0.1) is 11.0 Å². The Morgan fingerprint density at radius 2 is 2.43 bits per heavy atom. The van der Waals surface area contributed by atoms with Crippen molar-refractivity contribution < 1.29 is 8.42 Å². The van der Waals surface area contributed by atoms with E-state index in [4.69, 9.17) is 0 Å². The lowest BCUT2D eigenvalue weighted by Gasteiger charge is -2.26. The molecule has 2 aliphatic heterocycles. The van der Waals surface area contributed by atoms with Crippen LogP contribution >= 0.6 is 0 Å². The minimum Gasteiger partial charge on any atom is -0.337 e. The number of hydrogen-bond donors (Lipinski definition) is 1. The first-order valence-electron chi connectivity index (χ1n) is 4.64. The molecule has 0 amide bonds. The summed E-state index contributed by atoms with van der Waals surface area (Å²) >= 11 is 0. The molecule has 0 saturated carbocycles. The Balaban J connectivity index is 1.91. The zero-order chi connectivity index (χ0) is 9.76. The Labute approximate surface area is 82.1 Å². The van der Waals surface area contributed by atoms with Crippen molar-refractivity contribution in [2.24, 2.45) is 0 Å². The normalized spacial score (nSPS) is 33.9. The van der Waals surface area contributed by atoms with Gasteiger partial charge in [-0.3, -0.25) is 0 Å². The van der Waals surface area contributed by atoms with Gasteiger partial charge in [0.1, 0.15) is 0 Å². The maximum atomic E-state index is 11.5. The quantitative estimate of drug-likeness (QED) is 0.700. The van der Waals surface area contributed by atoms with Crippen molar-refractivity contribution in [2.45, 2.75) is 17.7 Å². The molecule has 1 N–H and O–H groups in total. The van der Waals surface area contributed by atoms with Crippen molar-refractivity contribution in [1.29, 1.82) is 0 Å². The van der Waals surface area contributed by atoms with E-state index < -0.39 is 9.84 Å². The van der Waals surface area contributed by atoms with Gasteiger partial charge in [0.15, 0.2) is 9.84 Å². The fourth-order valence-electron chi connectivity index (χ4n) is 2.37. The van der Waals surface area contributed by atoms with E-state index >= 15 is 0 Å². The lowest BCUT2D eigenvalue weighted by atomic mass is 10.2. The fourth-order valence-corrected chi connectivity index (χ4v) is 4.40. The van der Waals surface area contributed by atoms with Gasteiger partial charge in [0, 0.05) is 25.0 Å². The second-order valence-electron chi connectivity index (χ2n) is 3.91. The molecule has 2 unspecified atom stereocenters. The zero-order valence-corrected chi connectivity index (χ0v) is 8.37. The molecule has 2 aliphatic rings. The van der Waals surface area contributed by atoms with Crippen LogP contribution in [0.3, 0.4) is 0 Å². The maximum Gasteiger partial charge on any atom is 0.203 e. The van der Waals surface area contributed by atoms with Crippen LogP contribution in [0.4, 0.5) is 5.95 Å². The summed E-state index contributed by atoms with van der Waals surface area (Å²) in [4.78, 5) is 9.21. The van der Waals surface area contributed by atoms with E-state index in [0.717, 1.165) is 12.4 Å². The highest BCUT2D eigenvalue weighted by Crippen LogP contribution is 2.34. The van der Waals surface area contributed by atoms with Gasteiger partial charge in [-0.15, -0.1) is 0 Å². The Bertz CT molecular complexity index is 439. The molecular formula is C8H11N3O2S. The number of aromatic amines is 1. The SMILES string of the molecule is O=S1(=O)CC2CC1CN2c1ncc[nH]1. The minimum absolute atomic E-state index is 0.135. The average Bonchev–Trinajstić information content (AvgIpc) is 2.71. The molecule has 2 atom stereocenters.